The zero-order chi connectivity index (χ0) is 12.1. The van der Waals surface area contributed by atoms with E-state index in [9.17, 15) is 0 Å². The van der Waals surface area contributed by atoms with Gasteiger partial charge in [0, 0.05) is 32.3 Å². The predicted octanol–water partition coefficient (Wildman–Crippen LogP) is 1.80. The molecule has 17 heavy (non-hydrogen) atoms. The van der Waals surface area contributed by atoms with Gasteiger partial charge in [-0.2, -0.15) is 0 Å². The Kier molecular flexibility index (Phi) is 4.54. The second kappa shape index (κ2) is 6.15. The Morgan fingerprint density at radius 3 is 3.06 bits per heavy atom. The summed E-state index contributed by atoms with van der Waals surface area (Å²) in [6.45, 7) is 6.65. The highest BCUT2D eigenvalue weighted by atomic mass is 16.5. The number of ether oxygens (including phenoxy) is 1. The fraction of sp³-hybridized carbons (Fsp3) is 0.571. The summed E-state index contributed by atoms with van der Waals surface area (Å²) in [4.78, 5) is 2.38. The number of nitrogens with zero attached hydrogens (tertiary/aromatic N) is 1. The van der Waals surface area contributed by atoms with Crippen molar-refractivity contribution in [3.63, 3.8) is 0 Å². The van der Waals surface area contributed by atoms with Crippen LogP contribution in [0.4, 0.5) is 0 Å². The van der Waals surface area contributed by atoms with Gasteiger partial charge in [-0.3, -0.25) is 4.90 Å². The van der Waals surface area contributed by atoms with Crippen LogP contribution in [0.2, 0.25) is 0 Å². The average molecular weight is 234 g/mol. The quantitative estimate of drug-likeness (QED) is 0.786. The summed E-state index contributed by atoms with van der Waals surface area (Å²) < 4.78 is 5.42. The molecule has 1 aliphatic heterocycles. The SMILES string of the molecule is CCOCCN(C)C1CNCc2ccccc21. The molecule has 0 fully saturated rings. The molecule has 0 amide bonds. The van der Waals surface area contributed by atoms with Crippen LogP contribution in [-0.2, 0) is 11.3 Å². The molecule has 0 bridgehead atoms. The molecule has 2 rings (SSSR count). The monoisotopic (exact) mass is 234 g/mol. The summed E-state index contributed by atoms with van der Waals surface area (Å²) in [5.41, 5.74) is 2.89. The van der Waals surface area contributed by atoms with E-state index in [1.165, 1.54) is 11.1 Å². The van der Waals surface area contributed by atoms with Crippen molar-refractivity contribution in [1.82, 2.24) is 10.2 Å². The van der Waals surface area contributed by atoms with Crippen LogP contribution in [0, 0.1) is 0 Å². The molecule has 1 atom stereocenters. The molecule has 3 heteroatoms. The van der Waals surface area contributed by atoms with Gasteiger partial charge in [0.2, 0.25) is 0 Å². The largest absolute Gasteiger partial charge is 0.380 e. The van der Waals surface area contributed by atoms with Crippen LogP contribution >= 0.6 is 0 Å². The number of hydrogen-bond acceptors (Lipinski definition) is 3. The molecular weight excluding hydrogens is 212 g/mol. The lowest BCUT2D eigenvalue weighted by Gasteiger charge is -2.33. The van der Waals surface area contributed by atoms with Crippen LogP contribution in [0.25, 0.3) is 0 Å². The number of hydrogen-bond donors (Lipinski definition) is 1. The molecule has 0 radical (unpaired) electrons. The summed E-state index contributed by atoms with van der Waals surface area (Å²) in [5.74, 6) is 0. The first-order chi connectivity index (χ1) is 8.33. The summed E-state index contributed by atoms with van der Waals surface area (Å²) in [6.07, 6.45) is 0. The molecule has 0 aromatic heterocycles. The van der Waals surface area contributed by atoms with Crippen molar-refractivity contribution in [2.75, 3.05) is 33.4 Å². The molecule has 1 aromatic rings. The van der Waals surface area contributed by atoms with Crippen molar-refractivity contribution in [3.05, 3.63) is 35.4 Å². The predicted molar refractivity (Wildman–Crippen MR) is 70.0 cm³/mol. The molecule has 0 spiro atoms. The molecule has 1 unspecified atom stereocenters. The fourth-order valence-electron chi connectivity index (χ4n) is 2.38. The van der Waals surface area contributed by atoms with Gasteiger partial charge in [0.15, 0.2) is 0 Å². The zero-order valence-electron chi connectivity index (χ0n) is 10.8. The third-order valence-electron chi connectivity index (χ3n) is 3.39. The van der Waals surface area contributed by atoms with Gasteiger partial charge in [0.25, 0.3) is 0 Å². The van der Waals surface area contributed by atoms with Crippen LogP contribution in [0.1, 0.15) is 24.1 Å². The Morgan fingerprint density at radius 2 is 2.24 bits per heavy atom. The summed E-state index contributed by atoms with van der Waals surface area (Å²) in [6, 6.07) is 9.18. The Bertz CT molecular complexity index is 354. The summed E-state index contributed by atoms with van der Waals surface area (Å²) in [7, 11) is 2.17. The zero-order valence-corrected chi connectivity index (χ0v) is 10.8. The maximum atomic E-state index is 5.42. The van der Waals surface area contributed by atoms with Gasteiger partial charge in [-0.25, -0.2) is 0 Å². The Balaban J connectivity index is 2.02. The first kappa shape index (κ1) is 12.6. The van der Waals surface area contributed by atoms with Crippen molar-refractivity contribution in [3.8, 4) is 0 Å². The summed E-state index contributed by atoms with van der Waals surface area (Å²) >= 11 is 0. The average Bonchev–Trinajstić information content (AvgIpc) is 2.38. The van der Waals surface area contributed by atoms with E-state index in [1.807, 2.05) is 6.92 Å². The van der Waals surface area contributed by atoms with E-state index in [-0.39, 0.29) is 0 Å². The molecule has 0 saturated heterocycles. The molecule has 1 aromatic carbocycles. The molecule has 0 aliphatic carbocycles. The van der Waals surface area contributed by atoms with Crippen LogP contribution in [0.5, 0.6) is 0 Å². The lowest BCUT2D eigenvalue weighted by Crippen LogP contribution is -2.39. The molecule has 1 heterocycles. The third kappa shape index (κ3) is 3.06. The molecule has 1 N–H and O–H groups in total. The molecule has 94 valence electrons. The highest BCUT2D eigenvalue weighted by molar-refractivity contribution is 5.32. The van der Waals surface area contributed by atoms with E-state index in [1.54, 1.807) is 0 Å². The number of rotatable bonds is 5. The fourth-order valence-corrected chi connectivity index (χ4v) is 2.38. The van der Waals surface area contributed by atoms with E-state index >= 15 is 0 Å². The van der Waals surface area contributed by atoms with Gasteiger partial charge in [-0.05, 0) is 25.1 Å². The van der Waals surface area contributed by atoms with Crippen molar-refractivity contribution in [2.24, 2.45) is 0 Å². The van der Waals surface area contributed by atoms with Crippen molar-refractivity contribution < 1.29 is 4.74 Å². The van der Waals surface area contributed by atoms with Crippen molar-refractivity contribution >= 4 is 0 Å². The Labute approximate surface area is 104 Å². The van der Waals surface area contributed by atoms with E-state index in [0.29, 0.717) is 6.04 Å². The highest BCUT2D eigenvalue weighted by Gasteiger charge is 2.22. The molecule has 3 nitrogen and oxygen atoms in total. The number of likely N-dealkylation sites (N-methyl/N-ethyl adjacent to an activating group) is 1. The standard InChI is InChI=1S/C14H22N2O/c1-3-17-9-8-16(2)14-11-15-10-12-6-4-5-7-13(12)14/h4-7,14-15H,3,8-11H2,1-2H3. The van der Waals surface area contributed by atoms with Crippen molar-refractivity contribution in [2.45, 2.75) is 19.5 Å². The minimum Gasteiger partial charge on any atom is -0.380 e. The molecular formula is C14H22N2O. The Morgan fingerprint density at radius 1 is 1.41 bits per heavy atom. The topological polar surface area (TPSA) is 24.5 Å². The lowest BCUT2D eigenvalue weighted by atomic mass is 9.96. The highest BCUT2D eigenvalue weighted by Crippen LogP contribution is 2.25. The first-order valence-corrected chi connectivity index (χ1v) is 6.39. The Hall–Kier alpha value is -0.900. The van der Waals surface area contributed by atoms with Crippen molar-refractivity contribution in [1.29, 1.82) is 0 Å². The molecule has 1 aliphatic rings. The van der Waals surface area contributed by atoms with Gasteiger partial charge in [-0.15, -0.1) is 0 Å². The van der Waals surface area contributed by atoms with Gasteiger partial charge in [0.05, 0.1) is 6.61 Å². The van der Waals surface area contributed by atoms with E-state index in [2.05, 4.69) is 41.5 Å². The first-order valence-electron chi connectivity index (χ1n) is 6.39. The van der Waals surface area contributed by atoms with E-state index in [4.69, 9.17) is 4.74 Å². The van der Waals surface area contributed by atoms with Crippen LogP contribution in [0.3, 0.4) is 0 Å². The number of nitrogens with one attached hydrogen (secondary N) is 1. The van der Waals surface area contributed by atoms with E-state index < -0.39 is 0 Å². The molecule has 0 saturated carbocycles. The van der Waals surface area contributed by atoms with Gasteiger partial charge >= 0.3 is 0 Å². The van der Waals surface area contributed by atoms with Crippen LogP contribution in [0.15, 0.2) is 24.3 Å². The maximum absolute atomic E-state index is 5.42. The second-order valence-electron chi connectivity index (χ2n) is 4.52. The smallest absolute Gasteiger partial charge is 0.0593 e. The normalized spacial score (nSPS) is 19.4. The van der Waals surface area contributed by atoms with Crippen LogP contribution in [-0.4, -0.2) is 38.3 Å². The number of benzene rings is 1. The second-order valence-corrected chi connectivity index (χ2v) is 4.52. The number of fused-ring (bicyclic) bond motifs is 1. The summed E-state index contributed by atoms with van der Waals surface area (Å²) in [5, 5.41) is 3.48. The lowest BCUT2D eigenvalue weighted by molar-refractivity contribution is 0.105. The van der Waals surface area contributed by atoms with Gasteiger partial charge in [-0.1, -0.05) is 24.3 Å². The van der Waals surface area contributed by atoms with E-state index in [0.717, 1.165) is 32.8 Å². The van der Waals surface area contributed by atoms with Gasteiger partial charge < -0.3 is 10.1 Å². The van der Waals surface area contributed by atoms with Gasteiger partial charge in [0.1, 0.15) is 0 Å². The van der Waals surface area contributed by atoms with Crippen LogP contribution < -0.4 is 5.32 Å². The maximum Gasteiger partial charge on any atom is 0.0593 e. The minimum absolute atomic E-state index is 0.473. The third-order valence-corrected chi connectivity index (χ3v) is 3.39. The minimum atomic E-state index is 0.473.